The summed E-state index contributed by atoms with van der Waals surface area (Å²) in [6, 6.07) is 14.3. The van der Waals surface area contributed by atoms with Gasteiger partial charge >= 0.3 is 6.97 Å². The topological polar surface area (TPSA) is 72.3 Å². The lowest BCUT2D eigenvalue weighted by Gasteiger charge is -2.30. The van der Waals surface area contributed by atoms with E-state index in [9.17, 15) is 4.79 Å². The third-order valence-electron chi connectivity index (χ3n) is 6.77. The Kier molecular flexibility index (Phi) is 8.23. The zero-order valence-electron chi connectivity index (χ0n) is 21.6. The molecule has 0 saturated carbocycles. The van der Waals surface area contributed by atoms with Crippen LogP contribution in [-0.4, -0.2) is 47.2 Å². The predicted molar refractivity (Wildman–Crippen MR) is 155 cm³/mol. The fourth-order valence-corrected chi connectivity index (χ4v) is 5.57. The highest BCUT2D eigenvalue weighted by molar-refractivity contribution is 7.12. The molecule has 0 aliphatic carbocycles. The number of allylic oxidation sites excluding steroid dienone is 2. The fraction of sp³-hybridized carbons (Fsp3) is 0.241. The third-order valence-corrected chi connectivity index (χ3v) is 7.66. The van der Waals surface area contributed by atoms with Crippen LogP contribution in [0.3, 0.4) is 0 Å². The van der Waals surface area contributed by atoms with Crippen molar-refractivity contribution in [2.24, 2.45) is 5.73 Å². The largest absolute Gasteiger partial charge is 0.737 e. The van der Waals surface area contributed by atoms with E-state index in [4.69, 9.17) is 10.5 Å². The van der Waals surface area contributed by atoms with Gasteiger partial charge in [0, 0.05) is 36.2 Å². The molecule has 1 amide bonds. The Balaban J connectivity index is 1.21. The molecule has 4 heterocycles. The molecule has 10 heteroatoms. The van der Waals surface area contributed by atoms with Crippen LogP contribution in [0.1, 0.15) is 47.5 Å². The second kappa shape index (κ2) is 12.0. The number of ether oxygens (including phenoxy) is 1. The lowest BCUT2D eigenvalue weighted by Crippen LogP contribution is -2.50. The number of halogens is 2. The molecule has 0 fully saturated rings. The molecule has 6 nitrogen and oxygen atoms in total. The molecule has 39 heavy (non-hydrogen) atoms. The van der Waals surface area contributed by atoms with Crippen LogP contribution in [0.25, 0.3) is 18.2 Å². The minimum atomic E-state index is -4.08. The number of nitrogens with zero attached hydrogens (tertiary/aromatic N) is 2. The van der Waals surface area contributed by atoms with E-state index in [0.29, 0.717) is 41.6 Å². The number of unbranched alkanes of at least 4 members (excludes halogenated alkanes) is 3. The average molecular weight is 548 g/mol. The number of fused-ring (bicyclic) bond motifs is 2. The molecule has 0 atom stereocenters. The van der Waals surface area contributed by atoms with Gasteiger partial charge in [-0.25, -0.2) is 0 Å². The number of amides is 1. The molecule has 2 aliphatic rings. The van der Waals surface area contributed by atoms with Gasteiger partial charge < -0.3 is 33.4 Å². The molecule has 202 valence electrons. The summed E-state index contributed by atoms with van der Waals surface area (Å²) in [7, 11) is 0. The summed E-state index contributed by atoms with van der Waals surface area (Å²) in [6.45, 7) is -2.81. The normalized spacial score (nSPS) is 15.4. The van der Waals surface area contributed by atoms with Crippen LogP contribution in [0.5, 0.6) is 5.75 Å². The number of nitrogens with one attached hydrogen (secondary N) is 1. The van der Waals surface area contributed by atoms with Gasteiger partial charge in [-0.3, -0.25) is 4.79 Å². The van der Waals surface area contributed by atoms with Gasteiger partial charge in [0.15, 0.2) is 18.0 Å². The Morgan fingerprint density at radius 1 is 1.05 bits per heavy atom. The highest BCUT2D eigenvalue weighted by atomic mass is 32.1. The van der Waals surface area contributed by atoms with Crippen molar-refractivity contribution in [1.82, 2.24) is 9.79 Å². The van der Waals surface area contributed by atoms with E-state index in [2.05, 4.69) is 5.32 Å². The Morgan fingerprint density at radius 3 is 2.64 bits per heavy atom. The van der Waals surface area contributed by atoms with Gasteiger partial charge in [-0.15, -0.1) is 11.3 Å². The molecule has 0 bridgehead atoms. The number of benzene rings is 1. The van der Waals surface area contributed by atoms with Crippen LogP contribution in [-0.2, 0) is 4.79 Å². The highest BCUT2D eigenvalue weighted by Gasteiger charge is 2.52. The van der Waals surface area contributed by atoms with Crippen molar-refractivity contribution >= 4 is 48.2 Å². The van der Waals surface area contributed by atoms with Crippen LogP contribution in [0.15, 0.2) is 71.8 Å². The summed E-state index contributed by atoms with van der Waals surface area (Å²) >= 11 is 1.44. The summed E-state index contributed by atoms with van der Waals surface area (Å²) in [4.78, 5) is 12.8. The number of nitrogens with two attached hydrogens (primary N) is 1. The zero-order valence-corrected chi connectivity index (χ0v) is 22.4. The molecular formula is C29H31BF2N4O2S. The minimum Gasteiger partial charge on any atom is -0.484 e. The highest BCUT2D eigenvalue weighted by Crippen LogP contribution is 2.34. The number of carbonyl (C=O) groups excluding carboxylic acids is 1. The van der Waals surface area contributed by atoms with Crippen molar-refractivity contribution < 1.29 is 22.6 Å². The van der Waals surface area contributed by atoms with Gasteiger partial charge in [0.05, 0.1) is 4.88 Å². The van der Waals surface area contributed by atoms with Gasteiger partial charge in [-0.1, -0.05) is 37.1 Å². The number of hydrogen-bond acceptors (Lipinski definition) is 4. The number of aromatic nitrogens is 1. The molecule has 0 radical (unpaired) electrons. The van der Waals surface area contributed by atoms with Crippen LogP contribution in [0.4, 0.5) is 8.63 Å². The first kappa shape index (κ1) is 26.8. The summed E-state index contributed by atoms with van der Waals surface area (Å²) in [5, 5.41) is 4.74. The molecule has 3 aromatic rings. The molecule has 2 aliphatic heterocycles. The molecule has 2 aromatic heterocycles. The number of thiophene rings is 1. The second-order valence-electron chi connectivity index (χ2n) is 9.52. The van der Waals surface area contributed by atoms with E-state index in [1.165, 1.54) is 11.3 Å². The van der Waals surface area contributed by atoms with Gasteiger partial charge in [-0.05, 0) is 66.7 Å². The Morgan fingerprint density at radius 2 is 1.87 bits per heavy atom. The molecule has 3 N–H and O–H groups in total. The fourth-order valence-electron chi connectivity index (χ4n) is 4.82. The van der Waals surface area contributed by atoms with E-state index in [-0.39, 0.29) is 12.5 Å². The van der Waals surface area contributed by atoms with E-state index in [0.717, 1.165) is 45.1 Å². The van der Waals surface area contributed by atoms with E-state index in [1.807, 2.05) is 29.6 Å². The van der Waals surface area contributed by atoms with Crippen LogP contribution < -0.4 is 15.8 Å². The first-order valence-corrected chi connectivity index (χ1v) is 14.1. The summed E-state index contributed by atoms with van der Waals surface area (Å²) in [6.07, 6.45) is 12.8. The van der Waals surface area contributed by atoms with E-state index in [1.54, 1.807) is 54.6 Å². The maximum Gasteiger partial charge on any atom is 0.737 e. The van der Waals surface area contributed by atoms with Crippen molar-refractivity contribution in [3.63, 3.8) is 0 Å². The quantitative estimate of drug-likeness (QED) is 0.236. The van der Waals surface area contributed by atoms with Crippen molar-refractivity contribution in [2.45, 2.75) is 25.7 Å². The number of rotatable bonds is 12. The Labute approximate surface area is 230 Å². The predicted octanol–water partition coefficient (Wildman–Crippen LogP) is 5.38. The van der Waals surface area contributed by atoms with Gasteiger partial charge in [0.2, 0.25) is 0 Å². The standard InChI is InChI=1S/C29H31BF2N4O2S/c31-30(32)35-23(11-12-24(35)20-25-13-16-27(36(25)30)28-6-5-19-39-28)10-7-22-8-14-26(15-9-22)38-21-29(37)34-18-4-2-1-3-17-33/h5-16,19-20H,1-4,17-18,21,33H2,(H,34,37)/b10-7+. The number of carbonyl (C=O) groups is 1. The van der Waals surface area contributed by atoms with E-state index >= 15 is 8.63 Å². The first-order chi connectivity index (χ1) is 19.0. The SMILES string of the molecule is NCCCCCCNC(=O)COc1ccc(/C=C/c2ccc3n2[B-](F)(F)[N+]2=C(c4cccs4)C=CC2=C3)cc1. The Bertz CT molecular complexity index is 1440. The molecule has 0 unspecified atom stereocenters. The molecule has 1 aromatic carbocycles. The average Bonchev–Trinajstić information content (AvgIpc) is 3.69. The summed E-state index contributed by atoms with van der Waals surface area (Å²) in [5.41, 5.74) is 8.21. The van der Waals surface area contributed by atoms with E-state index < -0.39 is 6.97 Å². The van der Waals surface area contributed by atoms with Crippen LogP contribution >= 0.6 is 11.3 Å². The molecule has 5 rings (SSSR count). The lowest BCUT2D eigenvalue weighted by atomic mass is 9.90. The molecule has 0 spiro atoms. The first-order valence-electron chi connectivity index (χ1n) is 13.2. The molecule has 0 saturated heterocycles. The minimum absolute atomic E-state index is 0.0587. The monoisotopic (exact) mass is 548 g/mol. The maximum atomic E-state index is 15.9. The third kappa shape index (κ3) is 5.97. The maximum absolute atomic E-state index is 15.9. The lowest BCUT2D eigenvalue weighted by molar-refractivity contribution is -0.360. The van der Waals surface area contributed by atoms with Crippen molar-refractivity contribution in [2.75, 3.05) is 19.7 Å². The van der Waals surface area contributed by atoms with Gasteiger partial charge in [-0.2, -0.15) is 0 Å². The van der Waals surface area contributed by atoms with Crippen molar-refractivity contribution in [3.05, 3.63) is 93.6 Å². The number of hydrogen-bond donors (Lipinski definition) is 2. The Hall–Kier alpha value is -3.76. The summed E-state index contributed by atoms with van der Waals surface area (Å²) < 4.78 is 39.7. The zero-order chi connectivity index (χ0) is 27.2. The van der Waals surface area contributed by atoms with Crippen molar-refractivity contribution in [1.29, 1.82) is 0 Å². The van der Waals surface area contributed by atoms with Crippen LogP contribution in [0.2, 0.25) is 0 Å². The van der Waals surface area contributed by atoms with Crippen molar-refractivity contribution in [3.8, 4) is 5.75 Å². The van der Waals surface area contributed by atoms with Crippen LogP contribution in [0, 0.1) is 0 Å². The molecular weight excluding hydrogens is 517 g/mol. The van der Waals surface area contributed by atoms with Gasteiger partial charge in [0.25, 0.3) is 5.91 Å². The summed E-state index contributed by atoms with van der Waals surface area (Å²) in [5.74, 6) is 0.402. The second-order valence-corrected chi connectivity index (χ2v) is 10.5. The smallest absolute Gasteiger partial charge is 0.484 e. The van der Waals surface area contributed by atoms with Gasteiger partial charge in [0.1, 0.15) is 5.75 Å².